The van der Waals surface area contributed by atoms with E-state index in [1.54, 1.807) is 11.8 Å². The second kappa shape index (κ2) is 10.3. The van der Waals surface area contributed by atoms with Crippen molar-refractivity contribution in [2.45, 2.75) is 9.79 Å². The second-order valence-corrected chi connectivity index (χ2v) is 11.2. The highest BCUT2D eigenvalue weighted by Gasteiger charge is 2.21. The summed E-state index contributed by atoms with van der Waals surface area (Å²) in [7, 11) is 0. The van der Waals surface area contributed by atoms with Crippen molar-refractivity contribution in [1.82, 2.24) is 15.0 Å². The van der Waals surface area contributed by atoms with Crippen LogP contribution in [0.15, 0.2) is 149 Å². The summed E-state index contributed by atoms with van der Waals surface area (Å²) in [6.45, 7) is 0. The van der Waals surface area contributed by atoms with Crippen LogP contribution < -0.4 is 5.32 Å². The van der Waals surface area contributed by atoms with Crippen molar-refractivity contribution in [3.05, 3.63) is 140 Å². The Kier molecular flexibility index (Phi) is 6.01. The second-order valence-electron chi connectivity index (χ2n) is 10.1. The van der Waals surface area contributed by atoms with Crippen molar-refractivity contribution < 1.29 is 0 Å². The lowest BCUT2D eigenvalue weighted by molar-refractivity contribution is 1.08. The van der Waals surface area contributed by atoms with Gasteiger partial charge in [-0.1, -0.05) is 121 Å². The molecule has 0 aliphatic carbocycles. The summed E-state index contributed by atoms with van der Waals surface area (Å²) >= 11 is 1.78. The van der Waals surface area contributed by atoms with Crippen LogP contribution in [0.3, 0.4) is 0 Å². The van der Waals surface area contributed by atoms with Gasteiger partial charge >= 0.3 is 0 Å². The van der Waals surface area contributed by atoms with E-state index in [0.717, 1.165) is 39.0 Å². The minimum absolute atomic E-state index is 0.656. The predicted molar refractivity (Wildman–Crippen MR) is 173 cm³/mol. The molecule has 7 aromatic rings. The molecule has 0 fully saturated rings. The molecule has 198 valence electrons. The third-order valence-electron chi connectivity index (χ3n) is 7.54. The number of para-hydroxylation sites is 2. The Morgan fingerprint density at radius 2 is 1.00 bits per heavy atom. The molecule has 42 heavy (non-hydrogen) atoms. The highest BCUT2D eigenvalue weighted by atomic mass is 32.2. The molecule has 1 aromatic heterocycles. The van der Waals surface area contributed by atoms with Crippen LogP contribution in [0, 0.1) is 0 Å². The van der Waals surface area contributed by atoms with Crippen molar-refractivity contribution in [2.24, 2.45) is 0 Å². The van der Waals surface area contributed by atoms with E-state index >= 15 is 0 Å². The van der Waals surface area contributed by atoms with Gasteiger partial charge in [0.15, 0.2) is 17.5 Å². The molecule has 6 aromatic carbocycles. The van der Waals surface area contributed by atoms with E-state index in [0.29, 0.717) is 17.5 Å². The summed E-state index contributed by atoms with van der Waals surface area (Å²) in [4.78, 5) is 17.4. The zero-order chi connectivity index (χ0) is 27.9. The smallest absolute Gasteiger partial charge is 0.164 e. The maximum Gasteiger partial charge on any atom is 0.164 e. The molecule has 0 radical (unpaired) electrons. The van der Waals surface area contributed by atoms with Gasteiger partial charge in [0.05, 0.1) is 5.69 Å². The Morgan fingerprint density at radius 3 is 1.74 bits per heavy atom. The molecule has 0 saturated heterocycles. The van der Waals surface area contributed by atoms with Gasteiger partial charge in [0.25, 0.3) is 0 Å². The van der Waals surface area contributed by atoms with Crippen molar-refractivity contribution in [3.63, 3.8) is 0 Å². The number of aromatic nitrogens is 3. The molecule has 2 heterocycles. The molecular formula is C37H24N4S. The van der Waals surface area contributed by atoms with Crippen LogP contribution in [0.25, 0.3) is 56.1 Å². The Morgan fingerprint density at radius 1 is 0.405 bits per heavy atom. The van der Waals surface area contributed by atoms with Crippen LogP contribution in [0.2, 0.25) is 0 Å². The zero-order valence-electron chi connectivity index (χ0n) is 22.5. The normalized spacial score (nSPS) is 11.9. The Bertz CT molecular complexity index is 2030. The van der Waals surface area contributed by atoms with E-state index in [1.807, 2.05) is 60.7 Å². The van der Waals surface area contributed by atoms with E-state index in [4.69, 9.17) is 15.0 Å². The fraction of sp³-hybridized carbons (Fsp3) is 0. The molecule has 0 unspecified atom stereocenters. The fourth-order valence-corrected chi connectivity index (χ4v) is 6.63. The lowest BCUT2D eigenvalue weighted by atomic mass is 9.94. The van der Waals surface area contributed by atoms with Crippen molar-refractivity contribution in [1.29, 1.82) is 0 Å². The van der Waals surface area contributed by atoms with Gasteiger partial charge in [0.2, 0.25) is 0 Å². The number of hydrogen-bond acceptors (Lipinski definition) is 5. The third-order valence-corrected chi connectivity index (χ3v) is 8.67. The van der Waals surface area contributed by atoms with Crippen molar-refractivity contribution in [2.75, 3.05) is 5.32 Å². The van der Waals surface area contributed by atoms with Gasteiger partial charge in [-0.15, -0.1) is 0 Å². The number of benzene rings is 6. The van der Waals surface area contributed by atoms with Gasteiger partial charge < -0.3 is 5.32 Å². The van der Waals surface area contributed by atoms with Gasteiger partial charge in [-0.25, -0.2) is 15.0 Å². The number of rotatable bonds is 3. The topological polar surface area (TPSA) is 50.7 Å². The first-order valence-electron chi connectivity index (χ1n) is 13.9. The average Bonchev–Trinajstić information content (AvgIpc) is 3.12. The molecule has 0 saturated carbocycles. The monoisotopic (exact) mass is 556 g/mol. The Labute approximate surface area is 248 Å². The molecule has 1 N–H and O–H groups in total. The van der Waals surface area contributed by atoms with Gasteiger partial charge in [0.1, 0.15) is 0 Å². The first-order valence-corrected chi connectivity index (χ1v) is 14.7. The SMILES string of the molecule is c1ccc(-c2nc(-c3ccccc3)nc(-c3ccc4c5c(cccc35)-c3ccccc3Nc3ccccc3S4)n2)cc1. The molecule has 0 amide bonds. The molecule has 0 spiro atoms. The summed E-state index contributed by atoms with van der Waals surface area (Å²) in [5.41, 5.74) is 7.39. The highest BCUT2D eigenvalue weighted by Crippen LogP contribution is 2.47. The summed E-state index contributed by atoms with van der Waals surface area (Å²) in [5, 5.41) is 6.00. The predicted octanol–water partition coefficient (Wildman–Crippen LogP) is 9.90. The van der Waals surface area contributed by atoms with Crippen LogP contribution in [-0.4, -0.2) is 15.0 Å². The molecule has 1 aliphatic rings. The fourth-order valence-electron chi connectivity index (χ4n) is 5.56. The zero-order valence-corrected chi connectivity index (χ0v) is 23.3. The van der Waals surface area contributed by atoms with Gasteiger partial charge in [-0.3, -0.25) is 0 Å². The molecule has 0 atom stereocenters. The van der Waals surface area contributed by atoms with Crippen LogP contribution in [0.5, 0.6) is 0 Å². The minimum atomic E-state index is 0.656. The summed E-state index contributed by atoms with van der Waals surface area (Å²) in [6.07, 6.45) is 0. The quantitative estimate of drug-likeness (QED) is 0.235. The largest absolute Gasteiger partial charge is 0.354 e. The maximum absolute atomic E-state index is 5.05. The number of fused-ring (bicyclic) bond motifs is 3. The summed E-state index contributed by atoms with van der Waals surface area (Å²) in [6, 6.07) is 48.1. The van der Waals surface area contributed by atoms with Crippen LogP contribution in [0.1, 0.15) is 0 Å². The first-order chi connectivity index (χ1) is 20.8. The van der Waals surface area contributed by atoms with Crippen LogP contribution >= 0.6 is 11.8 Å². The number of hydrogen-bond donors (Lipinski definition) is 1. The van der Waals surface area contributed by atoms with Gasteiger partial charge in [-0.05, 0) is 41.3 Å². The van der Waals surface area contributed by atoms with Gasteiger partial charge in [0, 0.05) is 43.1 Å². The molecule has 8 rings (SSSR count). The summed E-state index contributed by atoms with van der Waals surface area (Å²) in [5.74, 6) is 1.97. The lowest BCUT2D eigenvalue weighted by Gasteiger charge is -2.16. The minimum Gasteiger partial charge on any atom is -0.354 e. The third kappa shape index (κ3) is 4.31. The lowest BCUT2D eigenvalue weighted by Crippen LogP contribution is -2.01. The highest BCUT2D eigenvalue weighted by molar-refractivity contribution is 7.99. The van der Waals surface area contributed by atoms with Gasteiger partial charge in [-0.2, -0.15) is 0 Å². The molecular weight excluding hydrogens is 533 g/mol. The Balaban J connectivity index is 1.41. The molecule has 1 aliphatic heterocycles. The van der Waals surface area contributed by atoms with E-state index < -0.39 is 0 Å². The number of anilines is 2. The van der Waals surface area contributed by atoms with Crippen molar-refractivity contribution in [3.8, 4) is 45.3 Å². The maximum atomic E-state index is 5.05. The number of nitrogens with one attached hydrogen (secondary N) is 1. The molecule has 0 bridgehead atoms. The summed E-state index contributed by atoms with van der Waals surface area (Å²) < 4.78 is 0. The van der Waals surface area contributed by atoms with Crippen LogP contribution in [0.4, 0.5) is 11.4 Å². The van der Waals surface area contributed by atoms with E-state index in [9.17, 15) is 0 Å². The van der Waals surface area contributed by atoms with E-state index in [2.05, 4.69) is 84.2 Å². The van der Waals surface area contributed by atoms with Crippen molar-refractivity contribution >= 4 is 33.9 Å². The Hall–Kier alpha value is -5.26. The van der Waals surface area contributed by atoms with E-state index in [-0.39, 0.29) is 0 Å². The van der Waals surface area contributed by atoms with E-state index in [1.165, 1.54) is 20.7 Å². The average molecular weight is 557 g/mol. The molecule has 5 heteroatoms. The standard InChI is InChI=1S/C37H24N4S/c1-3-12-24(13-4-1)35-39-36(25-14-5-2-6-15-25)41-37(40-35)29-22-23-33-34-27(17-11-18-28(29)34)26-16-7-8-19-30(26)38-31-20-9-10-21-32(31)42-33/h1-23,38H. The molecule has 4 nitrogen and oxygen atoms in total. The number of nitrogens with zero attached hydrogens (tertiary/aromatic N) is 3. The first kappa shape index (κ1) is 24.5. The van der Waals surface area contributed by atoms with Crippen LogP contribution in [-0.2, 0) is 0 Å².